The molecule has 32 heavy (non-hydrogen) atoms. The van der Waals surface area contributed by atoms with E-state index in [0.29, 0.717) is 28.6 Å². The summed E-state index contributed by atoms with van der Waals surface area (Å²) in [6.45, 7) is 19.0. The average Bonchev–Trinajstić information content (AvgIpc) is 3.11. The number of aliphatic hydroxyl groups is 1. The SMILES string of the molecule is C=C(CC)C(C=CC(C)C1CCC2C3CC=C4CC(O)CCC4(C)C3CCC12C)C(C)C. The van der Waals surface area contributed by atoms with E-state index >= 15 is 0 Å². The van der Waals surface area contributed by atoms with Crippen LogP contribution >= 0.6 is 0 Å². The van der Waals surface area contributed by atoms with Crippen LogP contribution in [-0.2, 0) is 0 Å². The molecule has 1 heteroatoms. The van der Waals surface area contributed by atoms with Crippen LogP contribution in [0.2, 0.25) is 0 Å². The van der Waals surface area contributed by atoms with Gasteiger partial charge in [-0.2, -0.15) is 0 Å². The van der Waals surface area contributed by atoms with Crippen molar-refractivity contribution >= 4 is 0 Å². The maximum atomic E-state index is 10.3. The number of fused-ring (bicyclic) bond motifs is 5. The van der Waals surface area contributed by atoms with Gasteiger partial charge in [0.2, 0.25) is 0 Å². The molecule has 1 nitrogen and oxygen atoms in total. The number of aliphatic hydroxyl groups excluding tert-OH is 1. The Kier molecular flexibility index (Phi) is 6.90. The number of allylic oxidation sites excluding steroid dienone is 4. The zero-order valence-corrected chi connectivity index (χ0v) is 21.9. The lowest BCUT2D eigenvalue weighted by Gasteiger charge is -2.58. The van der Waals surface area contributed by atoms with E-state index in [-0.39, 0.29) is 6.10 Å². The number of hydrogen-bond donors (Lipinski definition) is 1. The van der Waals surface area contributed by atoms with Crippen molar-refractivity contribution in [3.63, 3.8) is 0 Å². The van der Waals surface area contributed by atoms with Gasteiger partial charge in [0.25, 0.3) is 0 Å². The summed E-state index contributed by atoms with van der Waals surface area (Å²) in [7, 11) is 0. The van der Waals surface area contributed by atoms with E-state index in [0.717, 1.165) is 42.9 Å². The van der Waals surface area contributed by atoms with Gasteiger partial charge in [-0.05, 0) is 110 Å². The average molecular weight is 439 g/mol. The summed E-state index contributed by atoms with van der Waals surface area (Å²) < 4.78 is 0. The monoisotopic (exact) mass is 438 g/mol. The van der Waals surface area contributed by atoms with Crippen LogP contribution in [0.15, 0.2) is 36.0 Å². The van der Waals surface area contributed by atoms with E-state index in [1.807, 2.05) is 0 Å². The second kappa shape index (κ2) is 9.09. The van der Waals surface area contributed by atoms with Crippen LogP contribution in [0.3, 0.4) is 0 Å². The minimum absolute atomic E-state index is 0.0957. The van der Waals surface area contributed by atoms with Gasteiger partial charge in [0.05, 0.1) is 6.10 Å². The molecule has 0 spiro atoms. The van der Waals surface area contributed by atoms with Crippen molar-refractivity contribution in [3.8, 4) is 0 Å². The van der Waals surface area contributed by atoms with Crippen molar-refractivity contribution in [3.05, 3.63) is 36.0 Å². The maximum absolute atomic E-state index is 10.3. The van der Waals surface area contributed by atoms with Crippen LogP contribution in [-0.4, -0.2) is 11.2 Å². The third-order valence-electron chi connectivity index (χ3n) is 11.1. The molecule has 3 saturated carbocycles. The number of hydrogen-bond acceptors (Lipinski definition) is 1. The molecule has 4 aliphatic rings. The lowest BCUT2D eigenvalue weighted by molar-refractivity contribution is -0.0540. The van der Waals surface area contributed by atoms with E-state index in [4.69, 9.17) is 0 Å². The normalized spacial score (nSPS) is 43.4. The van der Waals surface area contributed by atoms with Crippen molar-refractivity contribution in [2.24, 2.45) is 52.3 Å². The second-order valence-electron chi connectivity index (χ2n) is 12.9. The Morgan fingerprint density at radius 2 is 1.84 bits per heavy atom. The molecule has 0 heterocycles. The first-order valence-corrected chi connectivity index (χ1v) is 13.8. The van der Waals surface area contributed by atoms with Gasteiger partial charge in [-0.15, -0.1) is 0 Å². The van der Waals surface area contributed by atoms with Crippen LogP contribution in [0.4, 0.5) is 0 Å². The highest BCUT2D eigenvalue weighted by Gasteiger charge is 2.58. The van der Waals surface area contributed by atoms with Crippen molar-refractivity contribution in [2.45, 2.75) is 105 Å². The Balaban J connectivity index is 1.52. The van der Waals surface area contributed by atoms with E-state index in [2.05, 4.69) is 66.3 Å². The van der Waals surface area contributed by atoms with E-state index in [1.54, 1.807) is 5.57 Å². The fraction of sp³-hybridized carbons (Fsp3) is 0.806. The molecule has 0 aliphatic heterocycles. The summed E-state index contributed by atoms with van der Waals surface area (Å²) in [6.07, 6.45) is 18.7. The van der Waals surface area contributed by atoms with Gasteiger partial charge in [-0.3, -0.25) is 0 Å². The highest BCUT2D eigenvalue weighted by molar-refractivity contribution is 5.25. The van der Waals surface area contributed by atoms with Crippen molar-refractivity contribution in [2.75, 3.05) is 0 Å². The molecular formula is C31H50O. The smallest absolute Gasteiger partial charge is 0.0577 e. The standard InChI is InChI=1S/C31H50O/c1-8-21(4)25(20(2)3)11-9-22(5)27-13-14-28-26-12-10-23-19-24(32)15-17-30(23,6)29(26)16-18-31(27,28)7/h9-11,20,22,24-29,32H,4,8,12-19H2,1-3,5-7H3. The quantitative estimate of drug-likeness (QED) is 0.413. The molecule has 3 fully saturated rings. The molecular weight excluding hydrogens is 388 g/mol. The third-order valence-corrected chi connectivity index (χ3v) is 11.1. The zero-order valence-electron chi connectivity index (χ0n) is 21.9. The Morgan fingerprint density at radius 1 is 1.09 bits per heavy atom. The highest BCUT2D eigenvalue weighted by atomic mass is 16.3. The second-order valence-corrected chi connectivity index (χ2v) is 12.9. The zero-order chi connectivity index (χ0) is 23.3. The maximum Gasteiger partial charge on any atom is 0.0577 e. The number of rotatable bonds is 6. The molecule has 0 radical (unpaired) electrons. The molecule has 1 N–H and O–H groups in total. The van der Waals surface area contributed by atoms with Gasteiger partial charge in [0.1, 0.15) is 0 Å². The Labute approximate surface area is 198 Å². The predicted octanol–water partition coefficient (Wildman–Crippen LogP) is 8.36. The van der Waals surface area contributed by atoms with Gasteiger partial charge in [0, 0.05) is 0 Å². The van der Waals surface area contributed by atoms with E-state index < -0.39 is 0 Å². The molecule has 9 atom stereocenters. The molecule has 0 saturated heterocycles. The van der Waals surface area contributed by atoms with Crippen LogP contribution in [0.5, 0.6) is 0 Å². The van der Waals surface area contributed by atoms with Crippen molar-refractivity contribution < 1.29 is 5.11 Å². The Bertz CT molecular complexity index is 758. The van der Waals surface area contributed by atoms with Gasteiger partial charge >= 0.3 is 0 Å². The molecule has 9 unspecified atom stereocenters. The minimum Gasteiger partial charge on any atom is -0.393 e. The molecule has 0 aromatic carbocycles. The summed E-state index contributed by atoms with van der Waals surface area (Å²) in [5.41, 5.74) is 3.84. The first-order valence-electron chi connectivity index (χ1n) is 13.8. The van der Waals surface area contributed by atoms with Crippen molar-refractivity contribution in [1.82, 2.24) is 0 Å². The molecule has 180 valence electrons. The van der Waals surface area contributed by atoms with Gasteiger partial charge in [-0.25, -0.2) is 0 Å². The Morgan fingerprint density at radius 3 is 2.53 bits per heavy atom. The third kappa shape index (κ3) is 3.99. The Hall–Kier alpha value is -0.820. The van der Waals surface area contributed by atoms with E-state index in [1.165, 1.54) is 44.1 Å². The first kappa shape index (κ1) is 24.3. The van der Waals surface area contributed by atoms with Crippen LogP contribution in [0.25, 0.3) is 0 Å². The highest BCUT2D eigenvalue weighted by Crippen LogP contribution is 2.67. The summed E-state index contributed by atoms with van der Waals surface area (Å²) in [5, 5.41) is 10.3. The van der Waals surface area contributed by atoms with E-state index in [9.17, 15) is 5.11 Å². The predicted molar refractivity (Wildman–Crippen MR) is 137 cm³/mol. The first-order chi connectivity index (χ1) is 15.1. The molecule has 0 aromatic heterocycles. The van der Waals surface area contributed by atoms with Crippen LogP contribution < -0.4 is 0 Å². The van der Waals surface area contributed by atoms with Gasteiger partial charge in [-0.1, -0.05) is 77.5 Å². The van der Waals surface area contributed by atoms with Crippen LogP contribution in [0, 0.1) is 52.3 Å². The molecule has 0 amide bonds. The topological polar surface area (TPSA) is 20.2 Å². The van der Waals surface area contributed by atoms with Gasteiger partial charge < -0.3 is 5.11 Å². The molecule has 4 aliphatic carbocycles. The fourth-order valence-corrected chi connectivity index (χ4v) is 9.04. The minimum atomic E-state index is -0.0957. The molecule has 0 bridgehead atoms. The molecule has 0 aromatic rings. The fourth-order valence-electron chi connectivity index (χ4n) is 9.04. The lowest BCUT2D eigenvalue weighted by atomic mass is 9.47. The van der Waals surface area contributed by atoms with Crippen LogP contribution in [0.1, 0.15) is 99.3 Å². The largest absolute Gasteiger partial charge is 0.393 e. The summed E-state index contributed by atoms with van der Waals surface area (Å²) in [6, 6.07) is 0. The van der Waals surface area contributed by atoms with Gasteiger partial charge in [0.15, 0.2) is 0 Å². The van der Waals surface area contributed by atoms with Crippen molar-refractivity contribution in [1.29, 1.82) is 0 Å². The summed E-state index contributed by atoms with van der Waals surface area (Å²) in [5.74, 6) is 5.22. The summed E-state index contributed by atoms with van der Waals surface area (Å²) >= 11 is 0. The lowest BCUT2D eigenvalue weighted by Crippen LogP contribution is -2.50. The summed E-state index contributed by atoms with van der Waals surface area (Å²) in [4.78, 5) is 0. The molecule has 4 rings (SSSR count).